The zero-order valence-electron chi connectivity index (χ0n) is 16.6. The van der Waals surface area contributed by atoms with E-state index in [0.29, 0.717) is 17.9 Å². The van der Waals surface area contributed by atoms with Crippen molar-refractivity contribution in [1.29, 1.82) is 0 Å². The molecular formula is C21H31NO4. The summed E-state index contributed by atoms with van der Waals surface area (Å²) in [5.41, 5.74) is 4.07. The lowest BCUT2D eigenvalue weighted by atomic mass is 9.84. The standard InChI is InChI=1S/C21H31NO4/c1-6-17(22(24)25)10-8-7-9-12-21(5)13-11-18-16(4)19(23)14(2)15(3)20(18)26-21/h10,23H,6-9,11-13H2,1-5H3/b17-10-. The first-order valence-corrected chi connectivity index (χ1v) is 9.54. The zero-order chi connectivity index (χ0) is 19.5. The van der Waals surface area contributed by atoms with E-state index in [9.17, 15) is 15.2 Å². The maximum atomic E-state index is 10.8. The predicted molar refractivity (Wildman–Crippen MR) is 104 cm³/mol. The molecule has 1 aliphatic rings. The summed E-state index contributed by atoms with van der Waals surface area (Å²) in [5.74, 6) is 1.32. The van der Waals surface area contributed by atoms with Crippen molar-refractivity contribution in [3.63, 3.8) is 0 Å². The third-order valence-electron chi connectivity index (χ3n) is 5.73. The van der Waals surface area contributed by atoms with E-state index in [4.69, 9.17) is 4.74 Å². The number of hydrogen-bond donors (Lipinski definition) is 1. The Kier molecular flexibility index (Phi) is 6.32. The molecule has 0 fully saturated rings. The van der Waals surface area contributed by atoms with Crippen molar-refractivity contribution in [1.82, 2.24) is 0 Å². The van der Waals surface area contributed by atoms with Gasteiger partial charge >= 0.3 is 0 Å². The number of phenolic OH excluding ortho intramolecular Hbond substituents is 1. The summed E-state index contributed by atoms with van der Waals surface area (Å²) in [6.45, 7) is 9.86. The van der Waals surface area contributed by atoms with E-state index in [1.807, 2.05) is 27.7 Å². The molecule has 1 N–H and O–H groups in total. The molecule has 26 heavy (non-hydrogen) atoms. The predicted octanol–water partition coefficient (Wildman–Crippen LogP) is 5.53. The fourth-order valence-corrected chi connectivity index (χ4v) is 3.73. The molecule has 0 aliphatic carbocycles. The van der Waals surface area contributed by atoms with Crippen LogP contribution < -0.4 is 4.74 Å². The van der Waals surface area contributed by atoms with Gasteiger partial charge < -0.3 is 9.84 Å². The zero-order valence-corrected chi connectivity index (χ0v) is 16.6. The quantitative estimate of drug-likeness (QED) is 0.393. The normalized spacial score (nSPS) is 19.8. The monoisotopic (exact) mass is 361 g/mol. The summed E-state index contributed by atoms with van der Waals surface area (Å²) >= 11 is 0. The number of nitro groups is 1. The van der Waals surface area contributed by atoms with Gasteiger partial charge in [-0.25, -0.2) is 0 Å². The van der Waals surface area contributed by atoms with Crippen LogP contribution in [0.15, 0.2) is 11.8 Å². The summed E-state index contributed by atoms with van der Waals surface area (Å²) in [7, 11) is 0. The van der Waals surface area contributed by atoms with Crippen LogP contribution in [0.3, 0.4) is 0 Å². The number of ether oxygens (including phenoxy) is 1. The first kappa shape index (κ1) is 20.3. The molecule has 5 nitrogen and oxygen atoms in total. The van der Waals surface area contributed by atoms with E-state index >= 15 is 0 Å². The van der Waals surface area contributed by atoms with Gasteiger partial charge in [0, 0.05) is 12.0 Å². The van der Waals surface area contributed by atoms with Crippen molar-refractivity contribution in [3.05, 3.63) is 44.1 Å². The van der Waals surface area contributed by atoms with Gasteiger partial charge in [-0.15, -0.1) is 0 Å². The summed E-state index contributed by atoms with van der Waals surface area (Å²) in [6.07, 6.45) is 7.62. The van der Waals surface area contributed by atoms with Crippen molar-refractivity contribution in [3.8, 4) is 11.5 Å². The van der Waals surface area contributed by atoms with E-state index in [2.05, 4.69) is 6.92 Å². The molecule has 1 heterocycles. The molecule has 0 amide bonds. The van der Waals surface area contributed by atoms with E-state index in [1.54, 1.807) is 6.08 Å². The highest BCUT2D eigenvalue weighted by atomic mass is 16.6. The number of benzene rings is 1. The number of aromatic hydroxyl groups is 1. The molecule has 2 rings (SSSR count). The molecule has 1 unspecified atom stereocenters. The molecule has 0 saturated heterocycles. The van der Waals surface area contributed by atoms with Crippen molar-refractivity contribution in [2.24, 2.45) is 0 Å². The first-order chi connectivity index (χ1) is 12.2. The van der Waals surface area contributed by atoms with Gasteiger partial charge in [-0.3, -0.25) is 10.1 Å². The van der Waals surface area contributed by atoms with Gasteiger partial charge in [0.05, 0.1) is 4.92 Å². The van der Waals surface area contributed by atoms with Crippen LogP contribution in [-0.2, 0) is 6.42 Å². The van der Waals surface area contributed by atoms with E-state index in [-0.39, 0.29) is 10.5 Å². The summed E-state index contributed by atoms with van der Waals surface area (Å²) in [6, 6.07) is 0. The Morgan fingerprint density at radius 3 is 2.58 bits per heavy atom. The first-order valence-electron chi connectivity index (χ1n) is 9.54. The van der Waals surface area contributed by atoms with E-state index < -0.39 is 0 Å². The summed E-state index contributed by atoms with van der Waals surface area (Å²) in [5, 5.41) is 21.1. The Hall–Kier alpha value is -2.04. The molecule has 1 aliphatic heterocycles. The highest BCUT2D eigenvalue weighted by molar-refractivity contribution is 5.58. The molecular weight excluding hydrogens is 330 g/mol. The van der Waals surface area contributed by atoms with Crippen LogP contribution in [0.4, 0.5) is 0 Å². The molecule has 1 aromatic rings. The van der Waals surface area contributed by atoms with Gasteiger partial charge in [-0.1, -0.05) is 6.92 Å². The number of phenols is 1. The molecule has 0 saturated carbocycles. The van der Waals surface area contributed by atoms with Crippen molar-refractivity contribution >= 4 is 0 Å². The van der Waals surface area contributed by atoms with Crippen molar-refractivity contribution in [2.75, 3.05) is 0 Å². The molecule has 0 bridgehead atoms. The Labute approximate surface area is 156 Å². The van der Waals surface area contributed by atoms with Crippen LogP contribution in [0.25, 0.3) is 0 Å². The Morgan fingerprint density at radius 1 is 1.27 bits per heavy atom. The van der Waals surface area contributed by atoms with Crippen LogP contribution in [0, 0.1) is 30.9 Å². The molecule has 1 aromatic carbocycles. The van der Waals surface area contributed by atoms with Gasteiger partial charge in [-0.05, 0) is 89.0 Å². The van der Waals surface area contributed by atoms with Crippen molar-refractivity contribution < 1.29 is 14.8 Å². The highest BCUT2D eigenvalue weighted by Gasteiger charge is 2.34. The number of allylic oxidation sites excluding steroid dienone is 2. The maximum absolute atomic E-state index is 10.8. The minimum absolute atomic E-state index is 0.214. The average Bonchev–Trinajstić information content (AvgIpc) is 2.60. The molecule has 5 heteroatoms. The van der Waals surface area contributed by atoms with Crippen LogP contribution in [0.2, 0.25) is 0 Å². The van der Waals surface area contributed by atoms with Gasteiger partial charge in [0.2, 0.25) is 5.70 Å². The van der Waals surface area contributed by atoms with Crippen LogP contribution in [-0.4, -0.2) is 15.6 Å². The Bertz CT molecular complexity index is 723. The number of rotatable bonds is 7. The fourth-order valence-electron chi connectivity index (χ4n) is 3.73. The number of hydrogen-bond acceptors (Lipinski definition) is 4. The lowest BCUT2D eigenvalue weighted by molar-refractivity contribution is -0.427. The second-order valence-electron chi connectivity index (χ2n) is 7.64. The lowest BCUT2D eigenvalue weighted by Gasteiger charge is -2.38. The lowest BCUT2D eigenvalue weighted by Crippen LogP contribution is -2.37. The van der Waals surface area contributed by atoms with Crippen LogP contribution in [0.1, 0.15) is 74.6 Å². The summed E-state index contributed by atoms with van der Waals surface area (Å²) in [4.78, 5) is 10.5. The number of nitrogens with zero attached hydrogens (tertiary/aromatic N) is 1. The van der Waals surface area contributed by atoms with Crippen LogP contribution in [0.5, 0.6) is 11.5 Å². The highest BCUT2D eigenvalue weighted by Crippen LogP contribution is 2.44. The van der Waals surface area contributed by atoms with Gasteiger partial charge in [0.15, 0.2) is 0 Å². The minimum Gasteiger partial charge on any atom is -0.507 e. The molecule has 1 atom stereocenters. The summed E-state index contributed by atoms with van der Waals surface area (Å²) < 4.78 is 6.42. The molecule has 0 spiro atoms. The second kappa shape index (κ2) is 8.11. The molecule has 144 valence electrons. The fraction of sp³-hybridized carbons (Fsp3) is 0.619. The van der Waals surface area contributed by atoms with Gasteiger partial charge in [-0.2, -0.15) is 0 Å². The average molecular weight is 361 g/mol. The van der Waals surface area contributed by atoms with Crippen molar-refractivity contribution in [2.45, 2.75) is 85.2 Å². The van der Waals surface area contributed by atoms with E-state index in [0.717, 1.165) is 66.5 Å². The number of fused-ring (bicyclic) bond motifs is 1. The second-order valence-corrected chi connectivity index (χ2v) is 7.64. The van der Waals surface area contributed by atoms with Crippen LogP contribution >= 0.6 is 0 Å². The SMILES string of the molecule is CC/C(=C/CCCCC1(C)CCc2c(C)c(O)c(C)c(C)c2O1)[N+](=O)[O-]. The topological polar surface area (TPSA) is 72.6 Å². The molecule has 0 radical (unpaired) electrons. The molecule has 0 aromatic heterocycles. The Morgan fingerprint density at radius 2 is 1.96 bits per heavy atom. The smallest absolute Gasteiger partial charge is 0.242 e. The van der Waals surface area contributed by atoms with Gasteiger partial charge in [0.25, 0.3) is 0 Å². The minimum atomic E-state index is -0.286. The third kappa shape index (κ3) is 4.19. The van der Waals surface area contributed by atoms with Gasteiger partial charge in [0.1, 0.15) is 17.1 Å². The van der Waals surface area contributed by atoms with E-state index in [1.165, 1.54) is 0 Å². The number of unbranched alkanes of at least 4 members (excludes halogenated alkanes) is 2. The third-order valence-corrected chi connectivity index (χ3v) is 5.73. The maximum Gasteiger partial charge on any atom is 0.242 e. The Balaban J connectivity index is 2.00. The largest absolute Gasteiger partial charge is 0.507 e.